The van der Waals surface area contributed by atoms with Crippen LogP contribution in [0.1, 0.15) is 22.3 Å². The second kappa shape index (κ2) is 13.5. The molecule has 1 aliphatic rings. The van der Waals surface area contributed by atoms with Gasteiger partial charge in [-0.3, -0.25) is 0 Å². The van der Waals surface area contributed by atoms with Gasteiger partial charge in [0.25, 0.3) is 0 Å². The van der Waals surface area contributed by atoms with Crippen molar-refractivity contribution in [2.45, 2.75) is 5.41 Å². The number of benzene rings is 8. The molecule has 2 heteroatoms. The van der Waals surface area contributed by atoms with Crippen LogP contribution in [-0.2, 0) is 5.41 Å². The number of fused-ring (bicyclic) bond motifs is 3. The highest BCUT2D eigenvalue weighted by Crippen LogP contribution is 2.58. The summed E-state index contributed by atoms with van der Waals surface area (Å²) in [4.78, 5) is 0. The normalized spacial score (nSPS) is 12.5. The van der Waals surface area contributed by atoms with Gasteiger partial charge in [-0.25, -0.2) is 0 Å². The van der Waals surface area contributed by atoms with Crippen molar-refractivity contribution in [3.05, 3.63) is 216 Å². The van der Waals surface area contributed by atoms with Gasteiger partial charge in [0, 0.05) is 0 Å². The Morgan fingerprint density at radius 1 is 0.321 bits per heavy atom. The molecule has 8 aromatic rings. The fourth-order valence-electron chi connectivity index (χ4n) is 8.43. The van der Waals surface area contributed by atoms with E-state index in [1.54, 1.807) is 14.2 Å². The third-order valence-corrected chi connectivity index (χ3v) is 10.8. The minimum absolute atomic E-state index is 0.600. The number of methoxy groups -OCH3 is 2. The van der Waals surface area contributed by atoms with Crippen molar-refractivity contribution in [1.29, 1.82) is 0 Å². The lowest BCUT2D eigenvalue weighted by atomic mass is 9.67. The molecule has 2 nitrogen and oxygen atoms in total. The molecule has 1 aliphatic carbocycles. The fraction of sp³-hybridized carbons (Fsp3) is 0.0588. The maximum absolute atomic E-state index is 5.66. The van der Waals surface area contributed by atoms with Gasteiger partial charge in [-0.2, -0.15) is 0 Å². The van der Waals surface area contributed by atoms with E-state index < -0.39 is 5.41 Å². The first kappa shape index (κ1) is 32.3. The average molecular weight is 683 g/mol. The topological polar surface area (TPSA) is 18.5 Å². The molecule has 254 valence electrons. The van der Waals surface area contributed by atoms with E-state index in [2.05, 4.69) is 194 Å². The Kier molecular flexibility index (Phi) is 8.21. The van der Waals surface area contributed by atoms with Gasteiger partial charge in [-0.05, 0) is 108 Å². The molecule has 0 N–H and O–H groups in total. The quantitative estimate of drug-likeness (QED) is 0.159. The van der Waals surface area contributed by atoms with Crippen LogP contribution in [-0.4, -0.2) is 14.2 Å². The highest BCUT2D eigenvalue weighted by Gasteiger charge is 2.46. The molecule has 0 saturated carbocycles. The van der Waals surface area contributed by atoms with Gasteiger partial charge in [0.1, 0.15) is 11.5 Å². The molecular weight excluding hydrogens is 645 g/mol. The Morgan fingerprint density at radius 2 is 0.736 bits per heavy atom. The Labute approximate surface area is 311 Å². The predicted molar refractivity (Wildman–Crippen MR) is 219 cm³/mol. The second-order valence-electron chi connectivity index (χ2n) is 13.5. The summed E-state index contributed by atoms with van der Waals surface area (Å²) in [6.07, 6.45) is 0. The number of hydrogen-bond acceptors (Lipinski definition) is 2. The zero-order valence-electron chi connectivity index (χ0n) is 29.8. The minimum Gasteiger partial charge on any atom is -0.497 e. The van der Waals surface area contributed by atoms with E-state index in [1.807, 2.05) is 0 Å². The molecule has 0 radical (unpaired) electrons. The van der Waals surface area contributed by atoms with Crippen molar-refractivity contribution in [3.63, 3.8) is 0 Å². The van der Waals surface area contributed by atoms with Gasteiger partial charge in [0.05, 0.1) is 19.6 Å². The maximum Gasteiger partial charge on any atom is 0.118 e. The maximum atomic E-state index is 5.66. The molecule has 0 atom stereocenters. The van der Waals surface area contributed by atoms with E-state index in [0.29, 0.717) is 0 Å². The van der Waals surface area contributed by atoms with E-state index in [-0.39, 0.29) is 0 Å². The summed E-state index contributed by atoms with van der Waals surface area (Å²) in [5.41, 5.74) is 16.3. The van der Waals surface area contributed by atoms with E-state index in [4.69, 9.17) is 9.47 Å². The molecular formula is C51H38O2. The summed E-state index contributed by atoms with van der Waals surface area (Å²) >= 11 is 0. The summed E-state index contributed by atoms with van der Waals surface area (Å²) < 4.78 is 11.3. The standard InChI is InChI=1S/C51H38O2/c1-52-41-27-23-39(24-28-41)51(40-25-29-42(53-2)30-26-40)47-21-13-12-20-45(47)46-31-22-38(34-48(46)51)50-44(36-16-8-4-9-17-36)33-32-43(35-14-6-3-7-15-35)49(50)37-18-10-5-11-19-37/h3-34H,1-2H3. The van der Waals surface area contributed by atoms with Crippen molar-refractivity contribution in [3.8, 4) is 67.1 Å². The third-order valence-electron chi connectivity index (χ3n) is 10.8. The Morgan fingerprint density at radius 3 is 1.25 bits per heavy atom. The Balaban J connectivity index is 1.40. The molecule has 9 rings (SSSR count). The minimum atomic E-state index is -0.600. The fourth-order valence-corrected chi connectivity index (χ4v) is 8.43. The van der Waals surface area contributed by atoms with Crippen molar-refractivity contribution >= 4 is 0 Å². The van der Waals surface area contributed by atoms with Crippen LogP contribution in [0.3, 0.4) is 0 Å². The molecule has 0 amide bonds. The van der Waals surface area contributed by atoms with Crippen molar-refractivity contribution in [2.24, 2.45) is 0 Å². The summed E-state index contributed by atoms with van der Waals surface area (Å²) in [5, 5.41) is 0. The summed E-state index contributed by atoms with van der Waals surface area (Å²) in [7, 11) is 3.44. The second-order valence-corrected chi connectivity index (χ2v) is 13.5. The molecule has 8 aromatic carbocycles. The summed E-state index contributed by atoms with van der Waals surface area (Å²) in [6.45, 7) is 0. The lowest BCUT2D eigenvalue weighted by Crippen LogP contribution is -2.28. The third kappa shape index (κ3) is 5.34. The van der Waals surface area contributed by atoms with E-state index in [9.17, 15) is 0 Å². The Bertz CT molecular complexity index is 2490. The molecule has 0 saturated heterocycles. The molecule has 0 aliphatic heterocycles. The van der Waals surface area contributed by atoms with Gasteiger partial charge in [0.2, 0.25) is 0 Å². The molecule has 0 heterocycles. The summed E-state index contributed by atoms with van der Waals surface area (Å²) in [5.74, 6) is 1.66. The summed E-state index contributed by atoms with van der Waals surface area (Å²) in [6, 6.07) is 70.2. The van der Waals surface area contributed by atoms with E-state index in [1.165, 1.54) is 77.9 Å². The first-order chi connectivity index (χ1) is 26.2. The highest BCUT2D eigenvalue weighted by atomic mass is 16.5. The SMILES string of the molecule is COc1ccc(C2(c3ccc(OC)cc3)c3ccccc3-c3ccc(-c4c(-c5ccccc5)ccc(-c5ccccc5)c4-c4ccccc4)cc32)cc1. The van der Waals surface area contributed by atoms with Crippen LogP contribution in [0, 0.1) is 0 Å². The number of ether oxygens (including phenoxy) is 2. The van der Waals surface area contributed by atoms with Crippen molar-refractivity contribution in [1.82, 2.24) is 0 Å². The monoisotopic (exact) mass is 682 g/mol. The average Bonchev–Trinajstić information content (AvgIpc) is 3.54. The van der Waals surface area contributed by atoms with Gasteiger partial charge in [-0.1, -0.05) is 164 Å². The lowest BCUT2D eigenvalue weighted by molar-refractivity contribution is 0.414. The lowest BCUT2D eigenvalue weighted by Gasteiger charge is -2.34. The highest BCUT2D eigenvalue weighted by molar-refractivity contribution is 6.02. The zero-order valence-corrected chi connectivity index (χ0v) is 29.8. The molecule has 0 aromatic heterocycles. The zero-order chi connectivity index (χ0) is 35.8. The smallest absolute Gasteiger partial charge is 0.118 e. The Hall–Kier alpha value is -6.64. The van der Waals surface area contributed by atoms with Crippen LogP contribution < -0.4 is 9.47 Å². The van der Waals surface area contributed by atoms with Crippen LogP contribution in [0.4, 0.5) is 0 Å². The van der Waals surface area contributed by atoms with Gasteiger partial charge in [-0.15, -0.1) is 0 Å². The largest absolute Gasteiger partial charge is 0.497 e. The van der Waals surface area contributed by atoms with Crippen molar-refractivity contribution < 1.29 is 9.47 Å². The van der Waals surface area contributed by atoms with Crippen molar-refractivity contribution in [2.75, 3.05) is 14.2 Å². The van der Waals surface area contributed by atoms with Crippen LogP contribution in [0.5, 0.6) is 11.5 Å². The van der Waals surface area contributed by atoms with Gasteiger partial charge >= 0.3 is 0 Å². The van der Waals surface area contributed by atoms with Crippen LogP contribution in [0.2, 0.25) is 0 Å². The van der Waals surface area contributed by atoms with Crippen LogP contribution >= 0.6 is 0 Å². The first-order valence-electron chi connectivity index (χ1n) is 18.1. The number of hydrogen-bond donors (Lipinski definition) is 0. The van der Waals surface area contributed by atoms with Crippen LogP contribution in [0.15, 0.2) is 194 Å². The molecule has 0 spiro atoms. The first-order valence-corrected chi connectivity index (χ1v) is 18.1. The molecule has 0 bridgehead atoms. The molecule has 0 fully saturated rings. The predicted octanol–water partition coefficient (Wildman–Crippen LogP) is 12.7. The van der Waals surface area contributed by atoms with Crippen LogP contribution in [0.25, 0.3) is 55.6 Å². The van der Waals surface area contributed by atoms with E-state index >= 15 is 0 Å². The van der Waals surface area contributed by atoms with Gasteiger partial charge < -0.3 is 9.47 Å². The molecule has 53 heavy (non-hydrogen) atoms. The molecule has 0 unspecified atom stereocenters. The van der Waals surface area contributed by atoms with E-state index in [0.717, 1.165) is 11.5 Å². The van der Waals surface area contributed by atoms with Gasteiger partial charge in [0.15, 0.2) is 0 Å². The number of rotatable bonds is 8.